The third-order valence-corrected chi connectivity index (χ3v) is 5.70. The van der Waals surface area contributed by atoms with Crippen LogP contribution in [0.3, 0.4) is 0 Å². The van der Waals surface area contributed by atoms with Crippen molar-refractivity contribution in [3.63, 3.8) is 0 Å². The third kappa shape index (κ3) is 2.20. The van der Waals surface area contributed by atoms with Crippen LogP contribution in [0.25, 0.3) is 11.0 Å². The normalized spacial score (nSPS) is 22.5. The second-order valence-corrected chi connectivity index (χ2v) is 7.54. The van der Waals surface area contributed by atoms with Crippen molar-refractivity contribution in [2.45, 2.75) is 30.8 Å². The van der Waals surface area contributed by atoms with Gasteiger partial charge < -0.3 is 15.1 Å². The number of nitrogens with two attached hydrogens (primary N) is 1. The van der Waals surface area contributed by atoms with Crippen LogP contribution in [0.15, 0.2) is 53.1 Å². The molecule has 3 nitrogen and oxygen atoms in total. The zero-order valence-electron chi connectivity index (χ0n) is 14.0. The van der Waals surface area contributed by atoms with Crippen LogP contribution in [0.5, 0.6) is 0 Å². The van der Waals surface area contributed by atoms with Gasteiger partial charge in [-0.3, -0.25) is 0 Å². The van der Waals surface area contributed by atoms with E-state index in [0.717, 1.165) is 36.9 Å². The fraction of sp³-hybridized carbons (Fsp3) is 0.333. The molecule has 0 spiro atoms. The number of likely N-dealkylation sites (N-methyl/N-ethyl adjacent to an activating group) is 1. The number of hydrogen-bond donors (Lipinski definition) is 1. The summed E-state index contributed by atoms with van der Waals surface area (Å²) in [6.07, 6.45) is 3.98. The van der Waals surface area contributed by atoms with Crippen LogP contribution in [-0.4, -0.2) is 18.5 Å². The van der Waals surface area contributed by atoms with E-state index in [-0.39, 0.29) is 5.54 Å². The molecule has 1 saturated carbocycles. The molecule has 1 aliphatic heterocycles. The van der Waals surface area contributed by atoms with Crippen molar-refractivity contribution in [2.75, 3.05) is 13.6 Å². The van der Waals surface area contributed by atoms with Gasteiger partial charge >= 0.3 is 0 Å². The topological polar surface area (TPSA) is 42.4 Å². The Hall–Kier alpha value is -2.10. The highest BCUT2D eigenvalue weighted by molar-refractivity contribution is 5.78. The van der Waals surface area contributed by atoms with Crippen LogP contribution >= 0.6 is 0 Å². The van der Waals surface area contributed by atoms with E-state index in [4.69, 9.17) is 10.2 Å². The second kappa shape index (κ2) is 4.95. The molecule has 2 heterocycles. The molecule has 1 unspecified atom stereocenters. The number of benzene rings is 2. The van der Waals surface area contributed by atoms with Crippen molar-refractivity contribution in [3.05, 3.63) is 71.0 Å². The maximum atomic E-state index is 6.41. The Balaban J connectivity index is 1.60. The molecule has 2 N–H and O–H groups in total. The number of fused-ring (bicyclic) bond motifs is 2. The average Bonchev–Trinajstić information content (AvgIpc) is 3.17. The van der Waals surface area contributed by atoms with Gasteiger partial charge in [0, 0.05) is 29.9 Å². The van der Waals surface area contributed by atoms with Gasteiger partial charge in [0.2, 0.25) is 0 Å². The summed E-state index contributed by atoms with van der Waals surface area (Å²) < 4.78 is 5.61. The molecule has 1 atom stereocenters. The molecule has 3 heteroatoms. The molecule has 1 aliphatic carbocycles. The van der Waals surface area contributed by atoms with Crippen molar-refractivity contribution >= 4 is 11.0 Å². The van der Waals surface area contributed by atoms with E-state index in [0.29, 0.717) is 5.92 Å². The quantitative estimate of drug-likeness (QED) is 0.778. The Morgan fingerprint density at radius 3 is 2.83 bits per heavy atom. The molecule has 122 valence electrons. The standard InChI is InChI=1S/C21H22N2O/c1-23-12-16-10-17(21(22)7-8-21)4-5-18(16)19(13-23)15-3-2-14-6-9-24-20(14)11-15/h2-6,9-11,19H,7-8,12-13,22H2,1H3. The summed E-state index contributed by atoms with van der Waals surface area (Å²) in [6, 6.07) is 15.5. The minimum atomic E-state index is -0.0619. The molecule has 1 fully saturated rings. The predicted molar refractivity (Wildman–Crippen MR) is 95.9 cm³/mol. The van der Waals surface area contributed by atoms with Gasteiger partial charge in [-0.2, -0.15) is 0 Å². The summed E-state index contributed by atoms with van der Waals surface area (Å²) in [7, 11) is 2.20. The first-order valence-corrected chi connectivity index (χ1v) is 8.70. The summed E-state index contributed by atoms with van der Waals surface area (Å²) in [5, 5.41) is 1.16. The Bertz CT molecular complexity index is 922. The monoisotopic (exact) mass is 318 g/mol. The lowest BCUT2D eigenvalue weighted by Crippen LogP contribution is -2.31. The molecule has 0 saturated heterocycles. The van der Waals surface area contributed by atoms with Crippen LogP contribution in [0.2, 0.25) is 0 Å². The first-order valence-electron chi connectivity index (χ1n) is 8.70. The fourth-order valence-corrected chi connectivity index (χ4v) is 4.05. The number of furan rings is 1. The minimum Gasteiger partial charge on any atom is -0.464 e. The summed E-state index contributed by atoms with van der Waals surface area (Å²) in [4.78, 5) is 2.40. The molecular formula is C21H22N2O. The van der Waals surface area contributed by atoms with E-state index in [1.165, 1.54) is 22.3 Å². The maximum absolute atomic E-state index is 6.41. The van der Waals surface area contributed by atoms with Gasteiger partial charge in [0.05, 0.1) is 6.26 Å². The molecular weight excluding hydrogens is 296 g/mol. The van der Waals surface area contributed by atoms with Crippen LogP contribution in [-0.2, 0) is 12.1 Å². The lowest BCUT2D eigenvalue weighted by molar-refractivity contribution is 0.295. The first kappa shape index (κ1) is 14.3. The smallest absolute Gasteiger partial charge is 0.134 e. The van der Waals surface area contributed by atoms with Crippen LogP contribution in [0.4, 0.5) is 0 Å². The van der Waals surface area contributed by atoms with Gasteiger partial charge in [-0.05, 0) is 54.3 Å². The van der Waals surface area contributed by atoms with Crippen LogP contribution in [0.1, 0.15) is 41.0 Å². The molecule has 0 radical (unpaired) electrons. The Morgan fingerprint density at radius 2 is 2.00 bits per heavy atom. The molecule has 2 aliphatic rings. The highest BCUT2D eigenvalue weighted by Gasteiger charge is 2.40. The minimum absolute atomic E-state index is 0.0619. The maximum Gasteiger partial charge on any atom is 0.134 e. The van der Waals surface area contributed by atoms with E-state index in [1.807, 2.05) is 6.07 Å². The van der Waals surface area contributed by atoms with Crippen molar-refractivity contribution in [2.24, 2.45) is 5.73 Å². The van der Waals surface area contributed by atoms with E-state index < -0.39 is 0 Å². The number of rotatable bonds is 2. The third-order valence-electron chi connectivity index (χ3n) is 5.70. The van der Waals surface area contributed by atoms with Gasteiger partial charge in [0.15, 0.2) is 0 Å². The summed E-state index contributed by atoms with van der Waals surface area (Å²) in [5.74, 6) is 0.384. The lowest BCUT2D eigenvalue weighted by Gasteiger charge is -2.33. The molecule has 0 bridgehead atoms. The molecule has 24 heavy (non-hydrogen) atoms. The largest absolute Gasteiger partial charge is 0.464 e. The fourth-order valence-electron chi connectivity index (χ4n) is 4.05. The van der Waals surface area contributed by atoms with Gasteiger partial charge in [-0.15, -0.1) is 0 Å². The van der Waals surface area contributed by atoms with Crippen molar-refractivity contribution < 1.29 is 4.42 Å². The van der Waals surface area contributed by atoms with E-state index in [1.54, 1.807) is 6.26 Å². The second-order valence-electron chi connectivity index (χ2n) is 7.54. The van der Waals surface area contributed by atoms with Crippen molar-refractivity contribution in [1.82, 2.24) is 4.90 Å². The lowest BCUT2D eigenvalue weighted by atomic mass is 9.83. The molecule has 5 rings (SSSR count). The summed E-state index contributed by atoms with van der Waals surface area (Å²) >= 11 is 0. The highest BCUT2D eigenvalue weighted by Crippen LogP contribution is 2.44. The van der Waals surface area contributed by atoms with E-state index in [9.17, 15) is 0 Å². The molecule has 3 aromatic rings. The van der Waals surface area contributed by atoms with Gasteiger partial charge in [0.1, 0.15) is 5.58 Å². The Kier molecular flexibility index (Phi) is 2.94. The van der Waals surface area contributed by atoms with Gasteiger partial charge in [-0.1, -0.05) is 30.3 Å². The summed E-state index contributed by atoms with van der Waals surface area (Å²) in [5.41, 5.74) is 12.8. The van der Waals surface area contributed by atoms with E-state index in [2.05, 4.69) is 48.3 Å². The average molecular weight is 318 g/mol. The molecule has 0 amide bonds. The Labute approximate surface area is 142 Å². The number of hydrogen-bond acceptors (Lipinski definition) is 3. The van der Waals surface area contributed by atoms with Crippen molar-refractivity contribution in [3.8, 4) is 0 Å². The SMILES string of the molecule is CN1Cc2cc(C3(N)CC3)ccc2C(c2ccc3ccoc3c2)C1. The molecule has 1 aromatic heterocycles. The van der Waals surface area contributed by atoms with Crippen LogP contribution in [0, 0.1) is 0 Å². The Morgan fingerprint density at radius 1 is 1.12 bits per heavy atom. The first-order chi connectivity index (χ1) is 11.6. The van der Waals surface area contributed by atoms with E-state index >= 15 is 0 Å². The van der Waals surface area contributed by atoms with Crippen LogP contribution < -0.4 is 5.73 Å². The predicted octanol–water partition coefficient (Wildman–Crippen LogP) is 3.96. The highest BCUT2D eigenvalue weighted by atomic mass is 16.3. The summed E-state index contributed by atoms with van der Waals surface area (Å²) in [6.45, 7) is 2.03. The van der Waals surface area contributed by atoms with Gasteiger partial charge in [0.25, 0.3) is 0 Å². The zero-order valence-corrected chi connectivity index (χ0v) is 14.0. The van der Waals surface area contributed by atoms with Crippen molar-refractivity contribution in [1.29, 1.82) is 0 Å². The molecule has 2 aromatic carbocycles. The van der Waals surface area contributed by atoms with Gasteiger partial charge in [-0.25, -0.2) is 0 Å². The zero-order chi connectivity index (χ0) is 16.3. The number of nitrogens with zero attached hydrogens (tertiary/aromatic N) is 1.